The summed E-state index contributed by atoms with van der Waals surface area (Å²) in [5.74, 6) is -0.269. The Balaban J connectivity index is 1.88. The minimum Gasteiger partial charge on any atom is -0.484 e. The van der Waals surface area contributed by atoms with Crippen molar-refractivity contribution in [3.63, 3.8) is 0 Å². The largest absolute Gasteiger partial charge is 0.484 e. The van der Waals surface area contributed by atoms with E-state index in [0.717, 1.165) is 4.47 Å². The standard InChI is InChI=1S/C18H17BrClNO4/c1-11(2)25-18(23)12-3-6-14(7-4-12)24-10-17(22)21-16-8-5-13(19)9-15(16)20/h3-9,11H,10H2,1-2H3,(H,21,22). The molecule has 2 aromatic carbocycles. The quantitative estimate of drug-likeness (QED) is 0.681. The first-order valence-corrected chi connectivity index (χ1v) is 8.71. The Bertz CT molecular complexity index is 762. The van der Waals surface area contributed by atoms with Crippen LogP contribution in [0.2, 0.25) is 5.02 Å². The molecule has 2 aromatic rings. The topological polar surface area (TPSA) is 64.6 Å². The van der Waals surface area contributed by atoms with E-state index in [1.165, 1.54) is 0 Å². The monoisotopic (exact) mass is 425 g/mol. The van der Waals surface area contributed by atoms with Gasteiger partial charge in [0, 0.05) is 4.47 Å². The highest BCUT2D eigenvalue weighted by molar-refractivity contribution is 9.10. The van der Waals surface area contributed by atoms with E-state index < -0.39 is 5.97 Å². The highest BCUT2D eigenvalue weighted by Crippen LogP contribution is 2.25. The molecule has 0 saturated carbocycles. The Labute approximate surface area is 159 Å². The number of nitrogens with one attached hydrogen (secondary N) is 1. The summed E-state index contributed by atoms with van der Waals surface area (Å²) in [6, 6.07) is 11.5. The number of carbonyl (C=O) groups excluding carboxylic acids is 2. The number of hydrogen-bond donors (Lipinski definition) is 1. The smallest absolute Gasteiger partial charge is 0.338 e. The Hall–Kier alpha value is -2.05. The lowest BCUT2D eigenvalue weighted by Gasteiger charge is -2.10. The molecule has 1 N–H and O–H groups in total. The zero-order valence-corrected chi connectivity index (χ0v) is 16.1. The summed E-state index contributed by atoms with van der Waals surface area (Å²) in [6.07, 6.45) is -0.183. The summed E-state index contributed by atoms with van der Waals surface area (Å²) in [7, 11) is 0. The van der Waals surface area contributed by atoms with E-state index in [1.54, 1.807) is 56.3 Å². The van der Waals surface area contributed by atoms with Crippen molar-refractivity contribution in [1.82, 2.24) is 0 Å². The van der Waals surface area contributed by atoms with E-state index in [1.807, 2.05) is 0 Å². The molecule has 0 bridgehead atoms. The number of anilines is 1. The Morgan fingerprint density at radius 2 is 1.84 bits per heavy atom. The Kier molecular flexibility index (Phi) is 6.84. The number of esters is 1. The van der Waals surface area contributed by atoms with Crippen molar-refractivity contribution in [2.75, 3.05) is 11.9 Å². The molecular weight excluding hydrogens is 410 g/mol. The van der Waals surface area contributed by atoms with Gasteiger partial charge in [0.2, 0.25) is 0 Å². The summed E-state index contributed by atoms with van der Waals surface area (Å²) in [4.78, 5) is 23.7. The number of halogens is 2. The Morgan fingerprint density at radius 3 is 2.44 bits per heavy atom. The van der Waals surface area contributed by atoms with Crippen LogP contribution in [0.15, 0.2) is 46.9 Å². The van der Waals surface area contributed by atoms with Gasteiger partial charge in [0.25, 0.3) is 5.91 Å². The molecule has 0 unspecified atom stereocenters. The van der Waals surface area contributed by atoms with Crippen molar-refractivity contribution in [2.24, 2.45) is 0 Å². The molecule has 0 spiro atoms. The van der Waals surface area contributed by atoms with E-state index >= 15 is 0 Å². The zero-order chi connectivity index (χ0) is 18.4. The van der Waals surface area contributed by atoms with Gasteiger partial charge in [0.1, 0.15) is 5.75 Å². The second kappa shape index (κ2) is 8.87. The third-order valence-electron chi connectivity index (χ3n) is 3.01. The molecule has 0 aliphatic heterocycles. The second-order valence-electron chi connectivity index (χ2n) is 5.44. The fourth-order valence-electron chi connectivity index (χ4n) is 1.90. The van der Waals surface area contributed by atoms with Crippen LogP contribution in [0.1, 0.15) is 24.2 Å². The predicted molar refractivity (Wildman–Crippen MR) is 100 cm³/mol. The fourth-order valence-corrected chi connectivity index (χ4v) is 2.62. The summed E-state index contributed by atoms with van der Waals surface area (Å²) in [5, 5.41) is 3.09. The highest BCUT2D eigenvalue weighted by atomic mass is 79.9. The minimum atomic E-state index is -0.399. The molecule has 0 radical (unpaired) electrons. The van der Waals surface area contributed by atoms with Crippen LogP contribution in [0.3, 0.4) is 0 Å². The van der Waals surface area contributed by atoms with Crippen LogP contribution in [0, 0.1) is 0 Å². The minimum absolute atomic E-state index is 0.178. The van der Waals surface area contributed by atoms with Crippen LogP contribution in [0.25, 0.3) is 0 Å². The van der Waals surface area contributed by atoms with Crippen molar-refractivity contribution in [2.45, 2.75) is 20.0 Å². The van der Waals surface area contributed by atoms with Gasteiger partial charge >= 0.3 is 5.97 Å². The molecule has 25 heavy (non-hydrogen) atoms. The number of hydrogen-bond acceptors (Lipinski definition) is 4. The SMILES string of the molecule is CC(C)OC(=O)c1ccc(OCC(=O)Nc2ccc(Br)cc2Cl)cc1. The molecule has 0 fully saturated rings. The lowest BCUT2D eigenvalue weighted by Crippen LogP contribution is -2.20. The third-order valence-corrected chi connectivity index (χ3v) is 3.81. The first-order chi connectivity index (χ1) is 11.8. The normalized spacial score (nSPS) is 10.4. The van der Waals surface area contributed by atoms with E-state index in [4.69, 9.17) is 21.1 Å². The molecule has 1 amide bonds. The summed E-state index contributed by atoms with van der Waals surface area (Å²) in [5.41, 5.74) is 0.928. The van der Waals surface area contributed by atoms with Gasteiger partial charge in [0.05, 0.1) is 22.4 Å². The fraction of sp³-hybridized carbons (Fsp3) is 0.222. The molecular formula is C18H17BrClNO4. The van der Waals surface area contributed by atoms with Gasteiger partial charge < -0.3 is 14.8 Å². The lowest BCUT2D eigenvalue weighted by molar-refractivity contribution is -0.118. The van der Waals surface area contributed by atoms with E-state index in [2.05, 4.69) is 21.2 Å². The van der Waals surface area contributed by atoms with Gasteiger partial charge in [-0.3, -0.25) is 4.79 Å². The average Bonchev–Trinajstić information content (AvgIpc) is 2.55. The van der Waals surface area contributed by atoms with Gasteiger partial charge in [-0.15, -0.1) is 0 Å². The van der Waals surface area contributed by atoms with Crippen molar-refractivity contribution in [3.8, 4) is 5.75 Å². The van der Waals surface area contributed by atoms with Crippen LogP contribution >= 0.6 is 27.5 Å². The van der Waals surface area contributed by atoms with Gasteiger partial charge in [-0.1, -0.05) is 27.5 Å². The summed E-state index contributed by atoms with van der Waals surface area (Å²) in [6.45, 7) is 3.39. The molecule has 0 aromatic heterocycles. The summed E-state index contributed by atoms with van der Waals surface area (Å²) >= 11 is 9.34. The predicted octanol–water partition coefficient (Wildman–Crippen LogP) is 4.69. The van der Waals surface area contributed by atoms with Crippen molar-refractivity contribution in [1.29, 1.82) is 0 Å². The number of carbonyl (C=O) groups is 2. The van der Waals surface area contributed by atoms with Crippen LogP contribution in [-0.4, -0.2) is 24.6 Å². The first-order valence-electron chi connectivity index (χ1n) is 7.54. The molecule has 7 heteroatoms. The number of amides is 1. The van der Waals surface area contributed by atoms with Crippen molar-refractivity contribution >= 4 is 45.1 Å². The van der Waals surface area contributed by atoms with Crippen LogP contribution in [-0.2, 0) is 9.53 Å². The maximum Gasteiger partial charge on any atom is 0.338 e. The highest BCUT2D eigenvalue weighted by Gasteiger charge is 2.10. The van der Waals surface area contributed by atoms with E-state index in [9.17, 15) is 9.59 Å². The van der Waals surface area contributed by atoms with Crippen LogP contribution < -0.4 is 10.1 Å². The second-order valence-corrected chi connectivity index (χ2v) is 6.76. The number of rotatable bonds is 6. The van der Waals surface area contributed by atoms with Crippen LogP contribution in [0.5, 0.6) is 5.75 Å². The number of benzene rings is 2. The first kappa shape index (κ1) is 19.3. The van der Waals surface area contributed by atoms with Gasteiger partial charge in [-0.05, 0) is 56.3 Å². The molecule has 132 valence electrons. The molecule has 0 saturated heterocycles. The molecule has 0 atom stereocenters. The molecule has 0 aliphatic carbocycles. The van der Waals surface area contributed by atoms with Crippen molar-refractivity contribution < 1.29 is 19.1 Å². The molecule has 2 rings (SSSR count). The van der Waals surface area contributed by atoms with E-state index in [-0.39, 0.29) is 18.6 Å². The maximum absolute atomic E-state index is 11.9. The molecule has 0 aliphatic rings. The van der Waals surface area contributed by atoms with Crippen LogP contribution in [0.4, 0.5) is 5.69 Å². The zero-order valence-electron chi connectivity index (χ0n) is 13.7. The maximum atomic E-state index is 11.9. The molecule has 5 nitrogen and oxygen atoms in total. The van der Waals surface area contributed by atoms with Gasteiger partial charge in [0.15, 0.2) is 6.61 Å². The van der Waals surface area contributed by atoms with Gasteiger partial charge in [-0.2, -0.15) is 0 Å². The van der Waals surface area contributed by atoms with Gasteiger partial charge in [-0.25, -0.2) is 4.79 Å². The average molecular weight is 427 g/mol. The third kappa shape index (κ3) is 6.07. The number of ether oxygens (including phenoxy) is 2. The van der Waals surface area contributed by atoms with E-state index in [0.29, 0.717) is 22.0 Å². The lowest BCUT2D eigenvalue weighted by atomic mass is 10.2. The van der Waals surface area contributed by atoms with Crippen molar-refractivity contribution in [3.05, 3.63) is 57.5 Å². The summed E-state index contributed by atoms with van der Waals surface area (Å²) < 4.78 is 11.3. The Morgan fingerprint density at radius 1 is 1.16 bits per heavy atom. The molecule has 0 heterocycles.